The normalized spacial score (nSPS) is 41.7. The molecule has 13 heteroatoms. The van der Waals surface area contributed by atoms with Crippen molar-refractivity contribution in [1.82, 2.24) is 20.0 Å². The second-order valence-corrected chi connectivity index (χ2v) is 16.1. The number of ether oxygens (including phenoxy) is 5. The minimum atomic E-state index is -1.34. The van der Waals surface area contributed by atoms with E-state index in [0.29, 0.717) is 32.0 Å². The van der Waals surface area contributed by atoms with Gasteiger partial charge in [-0.1, -0.05) is 13.8 Å². The van der Waals surface area contributed by atoms with E-state index in [1.807, 2.05) is 39.8 Å². The number of cyclic esters (lactones) is 1. The number of hydrogen-bond donors (Lipinski definition) is 3. The second kappa shape index (κ2) is 16.3. The van der Waals surface area contributed by atoms with Gasteiger partial charge in [-0.05, 0) is 99.4 Å². The van der Waals surface area contributed by atoms with Gasteiger partial charge in [-0.15, -0.1) is 0 Å². The van der Waals surface area contributed by atoms with Crippen molar-refractivity contribution in [3.63, 3.8) is 0 Å². The molecule has 3 N–H and O–H groups in total. The molecular formula is C35H64N4O9. The molecule has 0 saturated carbocycles. The molecule has 4 saturated heterocycles. The fraction of sp³-hybridized carbons (Fsp3) is 0.943. The molecule has 0 aromatic heterocycles. The Morgan fingerprint density at radius 3 is 2.31 bits per heavy atom. The molecule has 13 nitrogen and oxygen atoms in total. The molecule has 48 heavy (non-hydrogen) atoms. The Hall–Kier alpha value is -1.42. The van der Waals surface area contributed by atoms with Crippen LogP contribution in [0.5, 0.6) is 0 Å². The van der Waals surface area contributed by atoms with Crippen LogP contribution in [-0.2, 0) is 28.5 Å². The Kier molecular flexibility index (Phi) is 13.4. The number of likely N-dealkylation sites (N-methyl/N-ethyl adjacent to an activating group) is 2. The largest absolute Gasteiger partial charge is 0.447 e. The van der Waals surface area contributed by atoms with Crippen LogP contribution < -0.4 is 5.32 Å². The summed E-state index contributed by atoms with van der Waals surface area (Å²) < 4.78 is 30.4. The highest BCUT2D eigenvalue weighted by Gasteiger charge is 2.51. The van der Waals surface area contributed by atoms with Gasteiger partial charge in [-0.3, -0.25) is 4.79 Å². The molecule has 4 heterocycles. The van der Waals surface area contributed by atoms with E-state index in [1.165, 1.54) is 0 Å². The van der Waals surface area contributed by atoms with E-state index in [4.69, 9.17) is 23.7 Å². The summed E-state index contributed by atoms with van der Waals surface area (Å²) in [4.78, 5) is 32.5. The molecule has 0 radical (unpaired) electrons. The van der Waals surface area contributed by atoms with Crippen LogP contribution in [0.4, 0.5) is 4.79 Å². The summed E-state index contributed by atoms with van der Waals surface area (Å²) in [5.41, 5.74) is -2.16. The smallest absolute Gasteiger partial charge is 0.407 e. The van der Waals surface area contributed by atoms with E-state index in [0.717, 1.165) is 39.0 Å². The first kappa shape index (κ1) is 39.4. The summed E-state index contributed by atoms with van der Waals surface area (Å²) in [6.07, 6.45) is -1.35. The number of ketones is 1. The third kappa shape index (κ3) is 9.08. The minimum Gasteiger partial charge on any atom is -0.447 e. The monoisotopic (exact) mass is 684 g/mol. The fourth-order valence-electron chi connectivity index (χ4n) is 8.51. The number of rotatable bonds is 7. The molecule has 278 valence electrons. The molecule has 4 aliphatic heterocycles. The number of carbonyl (C=O) groups excluding carboxylic acids is 2. The molecular weight excluding hydrogens is 620 g/mol. The summed E-state index contributed by atoms with van der Waals surface area (Å²) in [7, 11) is 7.62. The van der Waals surface area contributed by atoms with Crippen LogP contribution in [0.15, 0.2) is 0 Å². The van der Waals surface area contributed by atoms with Gasteiger partial charge >= 0.3 is 6.09 Å². The maximum atomic E-state index is 14.3. The number of methoxy groups -OCH3 is 1. The first-order chi connectivity index (χ1) is 22.5. The Morgan fingerprint density at radius 1 is 1.06 bits per heavy atom. The number of aliphatic hydroxyl groups excluding tert-OH is 2. The van der Waals surface area contributed by atoms with Gasteiger partial charge in [0.1, 0.15) is 18.5 Å². The van der Waals surface area contributed by atoms with E-state index in [2.05, 4.69) is 29.1 Å². The summed E-state index contributed by atoms with van der Waals surface area (Å²) in [6.45, 7) is 15.4. The van der Waals surface area contributed by atoms with Crippen LogP contribution in [-0.4, -0.2) is 159 Å². The predicted molar refractivity (Wildman–Crippen MR) is 180 cm³/mol. The SMILES string of the molecule is CO[C@]1(C)C[C@@H](C)CN(C)[C@@H](C2CCN(C[C@@H]3COC(=O)N3)CC2)CO[C@@H](O)C(C)(C)C(=O)[C@H](C)[C@H]1O[C@@H]1O[C@H](C)C[C@H](N(C)C)[C@H]1O. The van der Waals surface area contributed by atoms with E-state index in [1.54, 1.807) is 21.0 Å². The number of aliphatic hydroxyl groups is 2. The average Bonchev–Trinajstić information content (AvgIpc) is 3.44. The molecule has 4 aliphatic rings. The van der Waals surface area contributed by atoms with Crippen LogP contribution >= 0.6 is 0 Å². The van der Waals surface area contributed by atoms with E-state index in [-0.39, 0.29) is 42.0 Å². The number of amides is 1. The first-order valence-corrected chi connectivity index (χ1v) is 17.9. The number of hydrogen-bond acceptors (Lipinski definition) is 12. The maximum absolute atomic E-state index is 14.3. The highest BCUT2D eigenvalue weighted by Crippen LogP contribution is 2.39. The number of alkyl carbamates (subject to hydrolysis) is 1. The zero-order valence-corrected chi connectivity index (χ0v) is 31.0. The topological polar surface area (TPSA) is 143 Å². The van der Waals surface area contributed by atoms with Gasteiger partial charge in [-0.2, -0.15) is 0 Å². The Morgan fingerprint density at radius 2 is 1.73 bits per heavy atom. The molecule has 0 unspecified atom stereocenters. The zero-order chi connectivity index (χ0) is 35.6. The van der Waals surface area contributed by atoms with Gasteiger partial charge < -0.3 is 53.9 Å². The summed E-state index contributed by atoms with van der Waals surface area (Å²) >= 11 is 0. The van der Waals surface area contributed by atoms with Crippen LogP contribution in [0.2, 0.25) is 0 Å². The molecule has 4 fully saturated rings. The average molecular weight is 685 g/mol. The van der Waals surface area contributed by atoms with Crippen molar-refractivity contribution in [1.29, 1.82) is 0 Å². The van der Waals surface area contributed by atoms with Gasteiger partial charge in [0.15, 0.2) is 12.6 Å². The third-order valence-corrected chi connectivity index (χ3v) is 11.5. The van der Waals surface area contributed by atoms with Crippen LogP contribution in [0.25, 0.3) is 0 Å². The van der Waals surface area contributed by atoms with Crippen molar-refractivity contribution < 1.29 is 43.5 Å². The minimum absolute atomic E-state index is 0.0112. The van der Waals surface area contributed by atoms with Crippen molar-refractivity contribution in [3.8, 4) is 0 Å². The summed E-state index contributed by atoms with van der Waals surface area (Å²) in [5, 5.41) is 25.7. The zero-order valence-electron chi connectivity index (χ0n) is 31.0. The predicted octanol–water partition coefficient (Wildman–Crippen LogP) is 1.93. The highest BCUT2D eigenvalue weighted by atomic mass is 16.7. The first-order valence-electron chi connectivity index (χ1n) is 17.9. The number of nitrogens with zero attached hydrogens (tertiary/aromatic N) is 3. The van der Waals surface area contributed by atoms with Crippen molar-refractivity contribution in [2.45, 2.75) is 122 Å². The summed E-state index contributed by atoms with van der Waals surface area (Å²) in [6, 6.07) is -0.134. The lowest BCUT2D eigenvalue weighted by Crippen LogP contribution is -2.59. The van der Waals surface area contributed by atoms with Crippen molar-refractivity contribution in [3.05, 3.63) is 0 Å². The Bertz CT molecular complexity index is 1070. The van der Waals surface area contributed by atoms with Crippen molar-refractivity contribution in [2.75, 3.05) is 67.6 Å². The third-order valence-electron chi connectivity index (χ3n) is 11.5. The van der Waals surface area contributed by atoms with Gasteiger partial charge in [0.25, 0.3) is 0 Å². The molecule has 0 spiro atoms. The van der Waals surface area contributed by atoms with Gasteiger partial charge in [0, 0.05) is 38.2 Å². The second-order valence-electron chi connectivity index (χ2n) is 16.1. The quantitative estimate of drug-likeness (QED) is 0.361. The molecule has 11 atom stereocenters. The van der Waals surface area contributed by atoms with Crippen LogP contribution in [0.3, 0.4) is 0 Å². The fourth-order valence-corrected chi connectivity index (χ4v) is 8.51. The van der Waals surface area contributed by atoms with Gasteiger partial charge in [-0.25, -0.2) is 4.79 Å². The highest BCUT2D eigenvalue weighted by molar-refractivity contribution is 5.87. The van der Waals surface area contributed by atoms with Crippen LogP contribution in [0.1, 0.15) is 67.2 Å². The maximum Gasteiger partial charge on any atom is 0.407 e. The molecule has 1 amide bonds. The lowest BCUT2D eigenvalue weighted by Gasteiger charge is -2.47. The lowest BCUT2D eigenvalue weighted by atomic mass is 9.74. The number of nitrogens with one attached hydrogen (secondary N) is 1. The molecule has 0 aromatic carbocycles. The molecule has 0 aromatic rings. The van der Waals surface area contributed by atoms with Crippen LogP contribution in [0, 0.1) is 23.2 Å². The van der Waals surface area contributed by atoms with Gasteiger partial charge in [0.2, 0.25) is 0 Å². The van der Waals surface area contributed by atoms with E-state index >= 15 is 0 Å². The molecule has 0 bridgehead atoms. The number of Topliss-reactive ketones (excluding diaryl/α,β-unsaturated/α-hetero) is 1. The number of piperidine rings is 1. The van der Waals surface area contributed by atoms with E-state index < -0.39 is 41.7 Å². The molecule has 0 aliphatic carbocycles. The van der Waals surface area contributed by atoms with Crippen molar-refractivity contribution >= 4 is 11.9 Å². The number of likely N-dealkylation sites (tertiary alicyclic amines) is 1. The molecule has 4 rings (SSSR count). The standard InChI is InChI=1S/C35H64N4O9/c1-21-16-35(6,44-10)30(48-31-28(40)26(37(7)8)15-22(2)47-31)23(3)29(41)34(4,5)32(42)45-20-27(38(9)17-21)24-11-13-39(14-12-24)18-25-19-46-33(43)36-25/h21-28,30-32,40,42H,11-20H2,1-10H3,(H,36,43)/t21-,22-,23+,25-,26+,27-,28-,30-,31+,32-,35-/m1/s1. The Labute approximate surface area is 287 Å². The Balaban J connectivity index is 1.56. The van der Waals surface area contributed by atoms with Gasteiger partial charge in [0.05, 0.1) is 35.9 Å². The number of carbonyl (C=O) groups is 2. The lowest BCUT2D eigenvalue weighted by molar-refractivity contribution is -0.296. The van der Waals surface area contributed by atoms with Crippen molar-refractivity contribution in [2.24, 2.45) is 23.2 Å². The summed E-state index contributed by atoms with van der Waals surface area (Å²) in [5.74, 6) is -0.454. The van der Waals surface area contributed by atoms with E-state index in [9.17, 15) is 19.8 Å².